The fourth-order valence-corrected chi connectivity index (χ4v) is 1.86. The minimum absolute atomic E-state index is 0.00362. The minimum Gasteiger partial charge on any atom is -0.351 e. The van der Waals surface area contributed by atoms with Crippen LogP contribution in [0.2, 0.25) is 0 Å². The van der Waals surface area contributed by atoms with Gasteiger partial charge in [0, 0.05) is 16.9 Å². The maximum atomic E-state index is 12.8. The van der Waals surface area contributed by atoms with Crippen LogP contribution in [0.4, 0.5) is 13.2 Å². The predicted octanol–water partition coefficient (Wildman–Crippen LogP) is 3.32. The van der Waals surface area contributed by atoms with Crippen molar-refractivity contribution < 1.29 is 18.0 Å². The summed E-state index contributed by atoms with van der Waals surface area (Å²) in [5.41, 5.74) is -0.325. The quantitative estimate of drug-likeness (QED) is 0.863. The lowest BCUT2D eigenvalue weighted by Crippen LogP contribution is -2.30. The van der Waals surface area contributed by atoms with E-state index in [9.17, 15) is 18.0 Å². The summed E-state index contributed by atoms with van der Waals surface area (Å²) in [7, 11) is 0. The molecule has 1 aromatic carbocycles. The summed E-state index contributed by atoms with van der Waals surface area (Å²) in [5.74, 6) is -0.417. The molecule has 1 amide bonds. The highest BCUT2D eigenvalue weighted by Crippen LogP contribution is 2.34. The Morgan fingerprint density at radius 1 is 1.32 bits per heavy atom. The molecular weight excluding hydrogens is 257 g/mol. The minimum atomic E-state index is -4.44. The Labute approximate surface area is 107 Å². The number of fused-ring (bicyclic) bond motifs is 1. The number of benzene rings is 1. The summed E-state index contributed by atoms with van der Waals surface area (Å²) >= 11 is 0. The zero-order chi connectivity index (χ0) is 14.2. The second kappa shape index (κ2) is 4.60. The summed E-state index contributed by atoms with van der Waals surface area (Å²) in [6.45, 7) is 3.56. The first-order valence-corrected chi connectivity index (χ1v) is 5.79. The van der Waals surface area contributed by atoms with E-state index in [0.29, 0.717) is 5.52 Å². The molecular formula is C13H13F3N2O. The number of halogens is 3. The van der Waals surface area contributed by atoms with Gasteiger partial charge in [-0.1, -0.05) is 6.07 Å². The van der Waals surface area contributed by atoms with Crippen LogP contribution >= 0.6 is 0 Å². The standard InChI is InChI=1S/C13H13F3N2O/c1-7(2)17-12(19)11-6-8-9(13(14,15)16)4-3-5-10(8)18-11/h3-7,18H,1-2H3,(H,17,19). The Hall–Kier alpha value is -1.98. The van der Waals surface area contributed by atoms with E-state index in [1.165, 1.54) is 18.2 Å². The molecule has 6 heteroatoms. The number of carbonyl (C=O) groups is 1. The van der Waals surface area contributed by atoms with Gasteiger partial charge >= 0.3 is 6.18 Å². The van der Waals surface area contributed by atoms with Gasteiger partial charge in [0.1, 0.15) is 5.69 Å². The van der Waals surface area contributed by atoms with Crippen molar-refractivity contribution in [3.8, 4) is 0 Å². The molecule has 0 saturated carbocycles. The van der Waals surface area contributed by atoms with Crippen LogP contribution in [0.5, 0.6) is 0 Å². The second-order valence-electron chi connectivity index (χ2n) is 4.58. The van der Waals surface area contributed by atoms with Gasteiger partial charge in [0.05, 0.1) is 5.56 Å². The maximum absolute atomic E-state index is 12.8. The van der Waals surface area contributed by atoms with Crippen molar-refractivity contribution in [3.05, 3.63) is 35.5 Å². The summed E-state index contributed by atoms with van der Waals surface area (Å²) < 4.78 is 38.5. The number of aromatic nitrogens is 1. The van der Waals surface area contributed by atoms with Crippen LogP contribution in [-0.2, 0) is 6.18 Å². The van der Waals surface area contributed by atoms with E-state index in [2.05, 4.69) is 10.3 Å². The summed E-state index contributed by atoms with van der Waals surface area (Å²) in [6.07, 6.45) is -4.44. The van der Waals surface area contributed by atoms with Crippen LogP contribution in [0, 0.1) is 0 Å². The zero-order valence-corrected chi connectivity index (χ0v) is 10.4. The molecule has 2 rings (SSSR count). The van der Waals surface area contributed by atoms with E-state index in [1.807, 2.05) is 0 Å². The van der Waals surface area contributed by atoms with Crippen molar-refractivity contribution in [2.24, 2.45) is 0 Å². The molecule has 0 saturated heterocycles. The monoisotopic (exact) mass is 270 g/mol. The van der Waals surface area contributed by atoms with Crippen molar-refractivity contribution in [1.29, 1.82) is 0 Å². The first kappa shape index (κ1) is 13.5. The lowest BCUT2D eigenvalue weighted by Gasteiger charge is -2.07. The Morgan fingerprint density at radius 3 is 2.58 bits per heavy atom. The van der Waals surface area contributed by atoms with Crippen molar-refractivity contribution in [1.82, 2.24) is 10.3 Å². The van der Waals surface area contributed by atoms with Crippen LogP contribution in [0.15, 0.2) is 24.3 Å². The Kier molecular flexibility index (Phi) is 3.26. The van der Waals surface area contributed by atoms with E-state index in [4.69, 9.17) is 0 Å². The molecule has 0 aliphatic heterocycles. The second-order valence-corrected chi connectivity index (χ2v) is 4.58. The third kappa shape index (κ3) is 2.72. The number of carbonyl (C=O) groups excluding carboxylic acids is 1. The highest BCUT2D eigenvalue weighted by Gasteiger charge is 2.33. The summed E-state index contributed by atoms with van der Waals surface area (Å²) in [4.78, 5) is 14.5. The molecule has 0 aliphatic rings. The Morgan fingerprint density at radius 2 is 2.00 bits per heavy atom. The molecule has 0 aliphatic carbocycles. The first-order chi connectivity index (χ1) is 8.79. The molecule has 1 heterocycles. The first-order valence-electron chi connectivity index (χ1n) is 5.79. The highest BCUT2D eigenvalue weighted by molar-refractivity contribution is 5.99. The van der Waals surface area contributed by atoms with E-state index >= 15 is 0 Å². The van der Waals surface area contributed by atoms with E-state index < -0.39 is 17.6 Å². The van der Waals surface area contributed by atoms with Gasteiger partial charge in [0.2, 0.25) is 0 Å². The molecule has 1 aromatic heterocycles. The SMILES string of the molecule is CC(C)NC(=O)c1cc2c(C(F)(F)F)cccc2[nH]1. The smallest absolute Gasteiger partial charge is 0.351 e. The van der Waals surface area contributed by atoms with Gasteiger partial charge in [-0.3, -0.25) is 4.79 Å². The Balaban J connectivity index is 2.49. The normalized spacial score (nSPS) is 12.1. The number of aromatic amines is 1. The van der Waals surface area contributed by atoms with Crippen LogP contribution in [0.25, 0.3) is 10.9 Å². The molecule has 2 N–H and O–H groups in total. The zero-order valence-electron chi connectivity index (χ0n) is 10.4. The molecule has 0 spiro atoms. The number of H-pyrrole nitrogens is 1. The van der Waals surface area contributed by atoms with E-state index in [1.54, 1.807) is 13.8 Å². The van der Waals surface area contributed by atoms with Crippen LogP contribution < -0.4 is 5.32 Å². The molecule has 0 radical (unpaired) electrons. The lowest BCUT2D eigenvalue weighted by atomic mass is 10.1. The predicted molar refractivity (Wildman–Crippen MR) is 65.9 cm³/mol. The fraction of sp³-hybridized carbons (Fsp3) is 0.308. The molecule has 0 atom stereocenters. The number of hydrogen-bond acceptors (Lipinski definition) is 1. The third-order valence-corrected chi connectivity index (χ3v) is 2.63. The number of nitrogens with one attached hydrogen (secondary N) is 2. The van der Waals surface area contributed by atoms with Gasteiger partial charge < -0.3 is 10.3 Å². The number of amides is 1. The van der Waals surface area contributed by atoms with Gasteiger partial charge in [0.25, 0.3) is 5.91 Å². The topological polar surface area (TPSA) is 44.9 Å². The van der Waals surface area contributed by atoms with Gasteiger partial charge in [-0.2, -0.15) is 13.2 Å². The fourth-order valence-electron chi connectivity index (χ4n) is 1.86. The summed E-state index contributed by atoms with van der Waals surface area (Å²) in [6, 6.07) is 4.97. The molecule has 3 nitrogen and oxygen atoms in total. The molecule has 102 valence electrons. The number of alkyl halides is 3. The van der Waals surface area contributed by atoms with E-state index in [-0.39, 0.29) is 17.1 Å². The van der Waals surface area contributed by atoms with Gasteiger partial charge in [0.15, 0.2) is 0 Å². The number of hydrogen-bond donors (Lipinski definition) is 2. The average molecular weight is 270 g/mol. The highest BCUT2D eigenvalue weighted by atomic mass is 19.4. The number of rotatable bonds is 2. The van der Waals surface area contributed by atoms with Gasteiger partial charge in [-0.25, -0.2) is 0 Å². The molecule has 2 aromatic rings. The van der Waals surface area contributed by atoms with Crippen molar-refractivity contribution >= 4 is 16.8 Å². The van der Waals surface area contributed by atoms with Crippen LogP contribution in [-0.4, -0.2) is 16.9 Å². The van der Waals surface area contributed by atoms with Crippen molar-refractivity contribution in [2.75, 3.05) is 0 Å². The molecule has 0 fully saturated rings. The van der Waals surface area contributed by atoms with Crippen LogP contribution in [0.3, 0.4) is 0 Å². The Bertz CT molecular complexity index is 614. The average Bonchev–Trinajstić information content (AvgIpc) is 2.69. The largest absolute Gasteiger partial charge is 0.417 e. The van der Waals surface area contributed by atoms with Crippen LogP contribution in [0.1, 0.15) is 29.9 Å². The summed E-state index contributed by atoms with van der Waals surface area (Å²) in [5, 5.41) is 2.63. The molecule has 0 unspecified atom stereocenters. The van der Waals surface area contributed by atoms with Crippen molar-refractivity contribution in [3.63, 3.8) is 0 Å². The third-order valence-electron chi connectivity index (χ3n) is 2.63. The maximum Gasteiger partial charge on any atom is 0.417 e. The van der Waals surface area contributed by atoms with E-state index in [0.717, 1.165) is 6.07 Å². The molecule has 19 heavy (non-hydrogen) atoms. The molecule has 0 bridgehead atoms. The lowest BCUT2D eigenvalue weighted by molar-refractivity contribution is -0.136. The van der Waals surface area contributed by atoms with Gasteiger partial charge in [-0.05, 0) is 32.0 Å². The van der Waals surface area contributed by atoms with Crippen molar-refractivity contribution in [2.45, 2.75) is 26.1 Å². The van der Waals surface area contributed by atoms with Gasteiger partial charge in [-0.15, -0.1) is 0 Å².